The molecule has 4 nitrogen and oxygen atoms in total. The molecule has 2 aromatic rings. The van der Waals surface area contributed by atoms with Crippen LogP contribution in [-0.2, 0) is 5.75 Å². The number of carbonyl (C=O) groups excluding carboxylic acids is 1. The van der Waals surface area contributed by atoms with Gasteiger partial charge in [-0.05, 0) is 23.3 Å². The minimum Gasteiger partial charge on any atom is -0.545 e. The molecule has 5 heteroatoms. The summed E-state index contributed by atoms with van der Waals surface area (Å²) in [5, 5.41) is 11.4. The fraction of sp³-hybridized carbons (Fsp3) is 0.0833. The second kappa shape index (κ2) is 5.45. The Morgan fingerprint density at radius 1 is 1.24 bits per heavy atom. The monoisotopic (exact) mass is 245 g/mol. The van der Waals surface area contributed by atoms with Crippen LogP contribution < -0.4 is 5.11 Å². The van der Waals surface area contributed by atoms with Gasteiger partial charge in [-0.3, -0.25) is 0 Å². The lowest BCUT2D eigenvalue weighted by Gasteiger charge is -2.05. The lowest BCUT2D eigenvalue weighted by atomic mass is 10.1. The molecule has 1 aromatic carbocycles. The Bertz CT molecular complexity index is 517. The highest BCUT2D eigenvalue weighted by atomic mass is 32.2. The summed E-state index contributed by atoms with van der Waals surface area (Å²) < 4.78 is 0. The van der Waals surface area contributed by atoms with E-state index in [1.807, 2.05) is 6.07 Å². The SMILES string of the molecule is O=C([O-])c1cccc(CSc2ncccn2)c1. The average Bonchev–Trinajstić information content (AvgIpc) is 2.38. The van der Waals surface area contributed by atoms with Gasteiger partial charge in [-0.25, -0.2) is 9.97 Å². The molecule has 0 bridgehead atoms. The van der Waals surface area contributed by atoms with Crippen molar-refractivity contribution in [1.82, 2.24) is 9.97 Å². The van der Waals surface area contributed by atoms with Gasteiger partial charge >= 0.3 is 0 Å². The maximum absolute atomic E-state index is 10.7. The van der Waals surface area contributed by atoms with E-state index in [1.54, 1.807) is 30.6 Å². The van der Waals surface area contributed by atoms with Crippen molar-refractivity contribution in [2.75, 3.05) is 0 Å². The van der Waals surface area contributed by atoms with E-state index in [2.05, 4.69) is 9.97 Å². The van der Waals surface area contributed by atoms with Crippen LogP contribution in [-0.4, -0.2) is 15.9 Å². The molecular weight excluding hydrogens is 236 g/mol. The van der Waals surface area contributed by atoms with Crippen LogP contribution in [0.15, 0.2) is 47.9 Å². The molecule has 1 heterocycles. The van der Waals surface area contributed by atoms with E-state index in [0.29, 0.717) is 10.9 Å². The Balaban J connectivity index is 2.04. The largest absolute Gasteiger partial charge is 0.545 e. The molecule has 86 valence electrons. The highest BCUT2D eigenvalue weighted by molar-refractivity contribution is 7.98. The van der Waals surface area contributed by atoms with Gasteiger partial charge in [0.2, 0.25) is 0 Å². The summed E-state index contributed by atoms with van der Waals surface area (Å²) >= 11 is 1.46. The number of carboxylic acid groups (broad SMARTS) is 1. The van der Waals surface area contributed by atoms with Crippen LogP contribution in [0.3, 0.4) is 0 Å². The molecule has 1 aromatic heterocycles. The van der Waals surface area contributed by atoms with Gasteiger partial charge in [0.05, 0.1) is 5.97 Å². The molecule has 0 aliphatic heterocycles. The number of hydrogen-bond donors (Lipinski definition) is 0. The molecule has 0 spiro atoms. The number of aromatic carboxylic acids is 1. The zero-order valence-corrected chi connectivity index (χ0v) is 9.68. The van der Waals surface area contributed by atoms with Crippen molar-refractivity contribution in [3.63, 3.8) is 0 Å². The van der Waals surface area contributed by atoms with Gasteiger partial charge in [0.25, 0.3) is 0 Å². The van der Waals surface area contributed by atoms with E-state index in [9.17, 15) is 9.90 Å². The minimum absolute atomic E-state index is 0.192. The van der Waals surface area contributed by atoms with E-state index in [0.717, 1.165) is 5.56 Å². The Labute approximate surface area is 103 Å². The van der Waals surface area contributed by atoms with Gasteiger partial charge in [0, 0.05) is 18.1 Å². The smallest absolute Gasteiger partial charge is 0.187 e. The Morgan fingerprint density at radius 3 is 2.71 bits per heavy atom. The first-order chi connectivity index (χ1) is 8.25. The van der Waals surface area contributed by atoms with Crippen molar-refractivity contribution >= 4 is 17.7 Å². The first kappa shape index (κ1) is 11.6. The second-order valence-corrected chi connectivity index (χ2v) is 4.25. The molecular formula is C12H9N2O2S-. The third-order valence-corrected chi connectivity index (χ3v) is 3.02. The molecule has 0 atom stereocenters. The maximum atomic E-state index is 10.7. The topological polar surface area (TPSA) is 65.9 Å². The van der Waals surface area contributed by atoms with Crippen molar-refractivity contribution in [3.8, 4) is 0 Å². The highest BCUT2D eigenvalue weighted by Gasteiger charge is 2.00. The molecule has 0 saturated heterocycles. The quantitative estimate of drug-likeness (QED) is 0.596. The zero-order chi connectivity index (χ0) is 12.1. The Morgan fingerprint density at radius 2 is 2.00 bits per heavy atom. The standard InChI is InChI=1S/C12H10N2O2S/c15-11(16)10-4-1-3-9(7-10)8-17-12-13-5-2-6-14-12/h1-7H,8H2,(H,15,16)/p-1. The van der Waals surface area contributed by atoms with Crippen LogP contribution in [0.5, 0.6) is 0 Å². The number of thioether (sulfide) groups is 1. The van der Waals surface area contributed by atoms with Crippen LogP contribution >= 0.6 is 11.8 Å². The van der Waals surface area contributed by atoms with Crippen molar-refractivity contribution in [3.05, 3.63) is 53.9 Å². The van der Waals surface area contributed by atoms with E-state index in [1.165, 1.54) is 17.8 Å². The minimum atomic E-state index is -1.16. The summed E-state index contributed by atoms with van der Waals surface area (Å²) in [5.41, 5.74) is 1.10. The van der Waals surface area contributed by atoms with Gasteiger partial charge in [0.1, 0.15) is 0 Å². The molecule has 0 aliphatic carbocycles. The fourth-order valence-corrected chi connectivity index (χ4v) is 2.04. The summed E-state index contributed by atoms with van der Waals surface area (Å²) in [6, 6.07) is 8.43. The Hall–Kier alpha value is -1.88. The lowest BCUT2D eigenvalue weighted by molar-refractivity contribution is -0.255. The third-order valence-electron chi connectivity index (χ3n) is 2.07. The third kappa shape index (κ3) is 3.29. The van der Waals surface area contributed by atoms with Crippen molar-refractivity contribution in [1.29, 1.82) is 0 Å². The lowest BCUT2D eigenvalue weighted by Crippen LogP contribution is -2.22. The molecule has 0 N–H and O–H groups in total. The molecule has 0 unspecified atom stereocenters. The number of aromatic nitrogens is 2. The molecule has 17 heavy (non-hydrogen) atoms. The zero-order valence-electron chi connectivity index (χ0n) is 8.87. The van der Waals surface area contributed by atoms with Gasteiger partial charge in [0.15, 0.2) is 5.16 Å². The van der Waals surface area contributed by atoms with Crippen LogP contribution in [0, 0.1) is 0 Å². The predicted octanol–water partition coefficient (Wildman–Crippen LogP) is 1.13. The summed E-state index contributed by atoms with van der Waals surface area (Å²) in [6.07, 6.45) is 3.35. The van der Waals surface area contributed by atoms with Gasteiger partial charge in [-0.2, -0.15) is 0 Å². The Kier molecular flexibility index (Phi) is 3.72. The van der Waals surface area contributed by atoms with Crippen LogP contribution in [0.4, 0.5) is 0 Å². The normalized spacial score (nSPS) is 10.1. The van der Waals surface area contributed by atoms with Crippen molar-refractivity contribution in [2.45, 2.75) is 10.9 Å². The molecule has 2 rings (SSSR count). The number of benzene rings is 1. The molecule has 0 amide bonds. The van der Waals surface area contributed by atoms with E-state index in [-0.39, 0.29) is 5.56 Å². The van der Waals surface area contributed by atoms with Crippen molar-refractivity contribution < 1.29 is 9.90 Å². The fourth-order valence-electron chi connectivity index (χ4n) is 1.30. The van der Waals surface area contributed by atoms with Gasteiger partial charge in [-0.15, -0.1) is 0 Å². The highest BCUT2D eigenvalue weighted by Crippen LogP contribution is 2.18. The maximum Gasteiger partial charge on any atom is 0.187 e. The van der Waals surface area contributed by atoms with Gasteiger partial charge in [-0.1, -0.05) is 30.0 Å². The second-order valence-electron chi connectivity index (χ2n) is 3.31. The van der Waals surface area contributed by atoms with Crippen LogP contribution in [0.2, 0.25) is 0 Å². The first-order valence-electron chi connectivity index (χ1n) is 4.96. The summed E-state index contributed by atoms with van der Waals surface area (Å²) in [5.74, 6) is -0.529. The number of rotatable bonds is 4. The van der Waals surface area contributed by atoms with E-state index in [4.69, 9.17) is 0 Å². The molecule has 0 saturated carbocycles. The van der Waals surface area contributed by atoms with Crippen LogP contribution in [0.25, 0.3) is 0 Å². The average molecular weight is 245 g/mol. The summed E-state index contributed by atoms with van der Waals surface area (Å²) in [4.78, 5) is 18.8. The number of hydrogen-bond acceptors (Lipinski definition) is 5. The van der Waals surface area contributed by atoms with Crippen LogP contribution in [0.1, 0.15) is 15.9 Å². The molecule has 0 radical (unpaired) electrons. The predicted molar refractivity (Wildman–Crippen MR) is 62.4 cm³/mol. The number of carbonyl (C=O) groups is 1. The molecule has 0 fully saturated rings. The van der Waals surface area contributed by atoms with E-state index >= 15 is 0 Å². The summed E-state index contributed by atoms with van der Waals surface area (Å²) in [6.45, 7) is 0. The molecule has 0 aliphatic rings. The van der Waals surface area contributed by atoms with Gasteiger partial charge < -0.3 is 9.90 Å². The number of nitrogens with zero attached hydrogens (tertiary/aromatic N) is 2. The van der Waals surface area contributed by atoms with Crippen molar-refractivity contribution in [2.24, 2.45) is 0 Å². The van der Waals surface area contributed by atoms with E-state index < -0.39 is 5.97 Å². The number of carboxylic acids is 1. The summed E-state index contributed by atoms with van der Waals surface area (Å²) in [7, 11) is 0. The first-order valence-corrected chi connectivity index (χ1v) is 5.94.